The second kappa shape index (κ2) is 14.6. The van der Waals surface area contributed by atoms with Crippen LogP contribution >= 0.6 is 0 Å². The topological polar surface area (TPSA) is 79.7 Å². The molecule has 1 aliphatic rings. The van der Waals surface area contributed by atoms with Gasteiger partial charge in [-0.15, -0.1) is 0 Å². The largest absolute Gasteiger partial charge is 0.368 e. The molecule has 4 aromatic carbocycles. The molecule has 1 saturated heterocycles. The normalized spacial score (nSPS) is 13.0. The van der Waals surface area contributed by atoms with Gasteiger partial charge in [0.2, 0.25) is 5.78 Å². The number of aromatic nitrogens is 1. The van der Waals surface area contributed by atoms with Crippen LogP contribution in [0, 0.1) is 17.5 Å². The van der Waals surface area contributed by atoms with E-state index in [2.05, 4.69) is 4.90 Å². The van der Waals surface area contributed by atoms with E-state index in [1.807, 2.05) is 54.6 Å². The maximum atomic E-state index is 14.5. The quantitative estimate of drug-likeness (QED) is 0.103. The molecular formula is C39H32F3N3O4. The number of rotatable bonds is 10. The van der Waals surface area contributed by atoms with Gasteiger partial charge in [0.1, 0.15) is 17.5 Å². The number of carbonyl (C=O) groups is 3. The maximum Gasteiger partial charge on any atom is 0.290 e. The molecule has 0 N–H and O–H groups in total. The first-order valence-corrected chi connectivity index (χ1v) is 15.8. The van der Waals surface area contributed by atoms with Crippen molar-refractivity contribution in [3.05, 3.63) is 159 Å². The maximum absolute atomic E-state index is 14.5. The third kappa shape index (κ3) is 7.70. The molecule has 1 aliphatic heterocycles. The van der Waals surface area contributed by atoms with Gasteiger partial charge < -0.3 is 14.4 Å². The molecule has 0 unspecified atom stereocenters. The van der Waals surface area contributed by atoms with Gasteiger partial charge in [-0.2, -0.15) is 0 Å². The van der Waals surface area contributed by atoms with Crippen molar-refractivity contribution in [2.45, 2.75) is 19.4 Å². The zero-order chi connectivity index (χ0) is 34.5. The lowest BCUT2D eigenvalue weighted by atomic mass is 10.00. The highest BCUT2D eigenvalue weighted by molar-refractivity contribution is 6.40. The van der Waals surface area contributed by atoms with Crippen LogP contribution in [0.3, 0.4) is 0 Å². The SMILES string of the molecule is O=C(CC(=O)c1cc(Cc2c(F)cc(F)cc2F)cn(Cc2ccccc2)c1=O)C(=O)N1CCN(c2ccc(-c3ccccc3)cc2)CC1. The van der Waals surface area contributed by atoms with Crippen molar-refractivity contribution in [1.29, 1.82) is 0 Å². The van der Waals surface area contributed by atoms with E-state index < -0.39 is 52.5 Å². The van der Waals surface area contributed by atoms with Crippen molar-refractivity contribution in [2.24, 2.45) is 0 Å². The number of amides is 1. The number of Topliss-reactive ketones (excluding diaryl/α,β-unsaturated/α-hetero) is 2. The molecular weight excluding hydrogens is 631 g/mol. The van der Waals surface area contributed by atoms with Gasteiger partial charge in [0.25, 0.3) is 11.5 Å². The lowest BCUT2D eigenvalue weighted by Crippen LogP contribution is -2.50. The van der Waals surface area contributed by atoms with Gasteiger partial charge >= 0.3 is 0 Å². The summed E-state index contributed by atoms with van der Waals surface area (Å²) in [4.78, 5) is 56.6. The van der Waals surface area contributed by atoms with Gasteiger partial charge in [-0.1, -0.05) is 72.8 Å². The van der Waals surface area contributed by atoms with Crippen molar-refractivity contribution in [2.75, 3.05) is 31.1 Å². The predicted molar refractivity (Wildman–Crippen MR) is 180 cm³/mol. The van der Waals surface area contributed by atoms with E-state index in [-0.39, 0.29) is 37.2 Å². The van der Waals surface area contributed by atoms with Crippen molar-refractivity contribution in [1.82, 2.24) is 9.47 Å². The number of piperazine rings is 1. The molecule has 248 valence electrons. The lowest BCUT2D eigenvalue weighted by Gasteiger charge is -2.35. The van der Waals surface area contributed by atoms with E-state index in [0.29, 0.717) is 25.2 Å². The van der Waals surface area contributed by atoms with E-state index >= 15 is 0 Å². The van der Waals surface area contributed by atoms with E-state index in [0.717, 1.165) is 22.4 Å². The summed E-state index contributed by atoms with van der Waals surface area (Å²) in [7, 11) is 0. The average molecular weight is 664 g/mol. The summed E-state index contributed by atoms with van der Waals surface area (Å²) < 4.78 is 43.8. The molecule has 0 saturated carbocycles. The Kier molecular flexibility index (Phi) is 9.84. The minimum atomic E-state index is -1.11. The number of halogens is 3. The van der Waals surface area contributed by atoms with Crippen LogP contribution in [0.25, 0.3) is 11.1 Å². The summed E-state index contributed by atoms with van der Waals surface area (Å²) in [6.45, 7) is 1.55. The standard InChI is InChI=1S/C39H32F3N3O4/c40-30-21-34(41)32(35(42)22-30)19-27-20-33(38(48)45(25-27)24-26-7-3-1-4-8-26)36(46)23-37(47)39(49)44-17-15-43(16-18-44)31-13-11-29(12-14-31)28-9-5-2-6-10-28/h1-14,20-22,25H,15-19,23-24H2. The fraction of sp³-hybridized carbons (Fsp3) is 0.179. The smallest absolute Gasteiger partial charge is 0.290 e. The zero-order valence-corrected chi connectivity index (χ0v) is 26.5. The predicted octanol–water partition coefficient (Wildman–Crippen LogP) is 6.06. The monoisotopic (exact) mass is 663 g/mol. The molecule has 0 spiro atoms. The van der Waals surface area contributed by atoms with Crippen LogP contribution < -0.4 is 10.5 Å². The minimum absolute atomic E-state index is 0.0360. The first-order chi connectivity index (χ1) is 23.7. The number of pyridine rings is 1. The van der Waals surface area contributed by atoms with Crippen LogP contribution in [0.1, 0.15) is 33.5 Å². The molecule has 0 aliphatic carbocycles. The van der Waals surface area contributed by atoms with E-state index in [1.54, 1.807) is 30.3 Å². The Bertz CT molecular complexity index is 2030. The molecule has 7 nitrogen and oxygen atoms in total. The Morgan fingerprint density at radius 3 is 1.90 bits per heavy atom. The number of anilines is 1. The van der Waals surface area contributed by atoms with Gasteiger partial charge in [-0.05, 0) is 40.5 Å². The van der Waals surface area contributed by atoms with Crippen LogP contribution in [-0.4, -0.2) is 53.1 Å². The second-order valence-corrected chi connectivity index (χ2v) is 11.9. The number of ketones is 2. The van der Waals surface area contributed by atoms with Crippen LogP contribution in [0.2, 0.25) is 0 Å². The fourth-order valence-electron chi connectivity index (χ4n) is 5.99. The number of benzene rings is 4. The highest BCUT2D eigenvalue weighted by atomic mass is 19.1. The van der Waals surface area contributed by atoms with Crippen molar-refractivity contribution in [3.8, 4) is 11.1 Å². The Hall–Kier alpha value is -5.77. The number of hydrogen-bond donors (Lipinski definition) is 0. The van der Waals surface area contributed by atoms with Crippen molar-refractivity contribution < 1.29 is 27.6 Å². The second-order valence-electron chi connectivity index (χ2n) is 11.9. The summed E-state index contributed by atoms with van der Waals surface area (Å²) in [6.07, 6.45) is 0.138. The van der Waals surface area contributed by atoms with Gasteiger partial charge in [-0.25, -0.2) is 13.2 Å². The van der Waals surface area contributed by atoms with E-state index in [9.17, 15) is 32.3 Å². The molecule has 5 aromatic rings. The highest BCUT2D eigenvalue weighted by Crippen LogP contribution is 2.24. The van der Waals surface area contributed by atoms with Crippen LogP contribution in [0.15, 0.2) is 114 Å². The Morgan fingerprint density at radius 2 is 1.27 bits per heavy atom. The minimum Gasteiger partial charge on any atom is -0.368 e. The van der Waals surface area contributed by atoms with Crippen LogP contribution in [0.5, 0.6) is 0 Å². The highest BCUT2D eigenvalue weighted by Gasteiger charge is 2.29. The average Bonchev–Trinajstić information content (AvgIpc) is 3.11. The Morgan fingerprint density at radius 1 is 0.673 bits per heavy atom. The zero-order valence-electron chi connectivity index (χ0n) is 26.5. The summed E-state index contributed by atoms with van der Waals surface area (Å²) >= 11 is 0. The number of hydrogen-bond acceptors (Lipinski definition) is 5. The fourth-order valence-corrected chi connectivity index (χ4v) is 5.99. The number of carbonyl (C=O) groups excluding carboxylic acids is 3. The van der Waals surface area contributed by atoms with Crippen molar-refractivity contribution in [3.63, 3.8) is 0 Å². The molecule has 1 amide bonds. The third-order valence-corrected chi connectivity index (χ3v) is 8.59. The van der Waals surface area contributed by atoms with E-state index in [1.165, 1.54) is 21.7 Å². The number of nitrogens with zero attached hydrogens (tertiary/aromatic N) is 3. The summed E-state index contributed by atoms with van der Waals surface area (Å²) in [5.74, 6) is -5.97. The lowest BCUT2D eigenvalue weighted by molar-refractivity contribution is -0.144. The first-order valence-electron chi connectivity index (χ1n) is 15.8. The molecule has 6 rings (SSSR count). The van der Waals surface area contributed by atoms with Gasteiger partial charge in [0.05, 0.1) is 18.5 Å². The molecule has 0 radical (unpaired) electrons. The molecule has 0 bridgehead atoms. The molecule has 0 atom stereocenters. The first kappa shape index (κ1) is 33.1. The van der Waals surface area contributed by atoms with E-state index in [4.69, 9.17) is 0 Å². The Balaban J connectivity index is 1.15. The van der Waals surface area contributed by atoms with Crippen LogP contribution in [-0.2, 0) is 22.6 Å². The molecule has 49 heavy (non-hydrogen) atoms. The van der Waals surface area contributed by atoms with Crippen molar-refractivity contribution >= 4 is 23.2 Å². The molecule has 2 heterocycles. The van der Waals surface area contributed by atoms with Crippen LogP contribution in [0.4, 0.5) is 18.9 Å². The van der Waals surface area contributed by atoms with Gasteiger partial charge in [-0.3, -0.25) is 19.2 Å². The van der Waals surface area contributed by atoms with Gasteiger partial charge in [0, 0.05) is 62.2 Å². The summed E-state index contributed by atoms with van der Waals surface area (Å²) in [6, 6.07) is 29.2. The molecule has 10 heteroatoms. The summed E-state index contributed by atoms with van der Waals surface area (Å²) in [5, 5.41) is 0. The Labute approximate surface area is 280 Å². The van der Waals surface area contributed by atoms with Gasteiger partial charge in [0.15, 0.2) is 5.78 Å². The molecule has 1 aromatic heterocycles. The third-order valence-electron chi connectivity index (χ3n) is 8.59. The summed E-state index contributed by atoms with van der Waals surface area (Å²) in [5.41, 5.74) is 2.54. The molecule has 1 fully saturated rings.